The molecule has 0 amide bonds. The molecule has 0 spiro atoms. The Labute approximate surface area is 123 Å². The highest BCUT2D eigenvalue weighted by Gasteiger charge is 2.15. The van der Waals surface area contributed by atoms with E-state index in [1.54, 1.807) is 18.2 Å². The summed E-state index contributed by atoms with van der Waals surface area (Å²) in [6.07, 6.45) is 0. The number of rotatable bonds is 5. The number of sulfonamides is 1. The number of nitrogen functional groups attached to an aromatic ring is 1. The number of halogens is 1. The second-order valence-electron chi connectivity index (χ2n) is 4.44. The van der Waals surface area contributed by atoms with Crippen LogP contribution in [-0.2, 0) is 16.6 Å². The van der Waals surface area contributed by atoms with Crippen LogP contribution in [-0.4, -0.2) is 15.5 Å². The van der Waals surface area contributed by atoms with Gasteiger partial charge in [-0.1, -0.05) is 12.1 Å². The number of hydrogen-bond acceptors (Lipinski definition) is 4. The molecule has 0 fully saturated rings. The topological polar surface area (TPSA) is 84.2 Å². The Bertz CT molecular complexity index is 748. The van der Waals surface area contributed by atoms with Crippen molar-refractivity contribution in [2.24, 2.45) is 0 Å². The van der Waals surface area contributed by atoms with Gasteiger partial charge in [0.1, 0.15) is 10.7 Å². The first-order valence-electron chi connectivity index (χ1n) is 6.24. The Kier molecular flexibility index (Phi) is 4.44. The molecule has 0 unspecified atom stereocenters. The molecular formula is C14H16FN3O2S. The van der Waals surface area contributed by atoms with Crippen molar-refractivity contribution in [3.63, 3.8) is 0 Å². The van der Waals surface area contributed by atoms with Crippen LogP contribution < -0.4 is 15.8 Å². The minimum absolute atomic E-state index is 0.0290. The van der Waals surface area contributed by atoms with Crippen molar-refractivity contribution >= 4 is 21.4 Å². The van der Waals surface area contributed by atoms with E-state index >= 15 is 0 Å². The Balaban J connectivity index is 2.14. The minimum Gasteiger partial charge on any atom is -0.398 e. The Hall–Kier alpha value is -2.12. The van der Waals surface area contributed by atoms with Crippen LogP contribution in [0.1, 0.15) is 5.56 Å². The third kappa shape index (κ3) is 3.71. The van der Waals surface area contributed by atoms with Crippen LogP contribution in [0.3, 0.4) is 0 Å². The van der Waals surface area contributed by atoms with Crippen molar-refractivity contribution in [1.82, 2.24) is 4.72 Å². The SMILES string of the molecule is CNS(=O)(=O)c1ccc(NCc2cccc(F)c2)cc1N. The van der Waals surface area contributed by atoms with Gasteiger partial charge in [0.05, 0.1) is 5.69 Å². The summed E-state index contributed by atoms with van der Waals surface area (Å²) in [5.41, 5.74) is 7.34. The molecule has 0 bridgehead atoms. The maximum atomic E-state index is 13.1. The van der Waals surface area contributed by atoms with E-state index in [4.69, 9.17) is 5.73 Å². The van der Waals surface area contributed by atoms with E-state index in [1.807, 2.05) is 0 Å². The van der Waals surface area contributed by atoms with Crippen LogP contribution in [0.25, 0.3) is 0 Å². The zero-order valence-corrected chi connectivity index (χ0v) is 12.2. The average Bonchev–Trinajstić information content (AvgIpc) is 2.45. The molecule has 2 aromatic carbocycles. The molecule has 21 heavy (non-hydrogen) atoms. The lowest BCUT2D eigenvalue weighted by molar-refractivity contribution is 0.588. The van der Waals surface area contributed by atoms with Gasteiger partial charge in [-0.15, -0.1) is 0 Å². The molecule has 0 heterocycles. The molecular weight excluding hydrogens is 293 g/mol. The van der Waals surface area contributed by atoms with Crippen LogP contribution >= 0.6 is 0 Å². The van der Waals surface area contributed by atoms with Gasteiger partial charge in [0.2, 0.25) is 10.0 Å². The highest BCUT2D eigenvalue weighted by Crippen LogP contribution is 2.22. The van der Waals surface area contributed by atoms with Crippen molar-refractivity contribution in [3.8, 4) is 0 Å². The molecule has 7 heteroatoms. The first kappa shape index (κ1) is 15.3. The van der Waals surface area contributed by atoms with Gasteiger partial charge in [-0.05, 0) is 42.9 Å². The highest BCUT2D eigenvalue weighted by atomic mass is 32.2. The summed E-state index contributed by atoms with van der Waals surface area (Å²) in [4.78, 5) is 0.0290. The lowest BCUT2D eigenvalue weighted by atomic mass is 10.2. The fourth-order valence-corrected chi connectivity index (χ4v) is 2.70. The number of anilines is 2. The van der Waals surface area contributed by atoms with Crippen molar-refractivity contribution in [1.29, 1.82) is 0 Å². The average molecular weight is 309 g/mol. The van der Waals surface area contributed by atoms with Crippen molar-refractivity contribution in [2.75, 3.05) is 18.1 Å². The molecule has 0 saturated carbocycles. The first-order valence-corrected chi connectivity index (χ1v) is 7.72. The van der Waals surface area contributed by atoms with E-state index in [9.17, 15) is 12.8 Å². The molecule has 0 atom stereocenters. The molecule has 0 aliphatic heterocycles. The second-order valence-corrected chi connectivity index (χ2v) is 6.30. The van der Waals surface area contributed by atoms with Crippen LogP contribution in [0.2, 0.25) is 0 Å². The number of benzene rings is 2. The number of nitrogens with one attached hydrogen (secondary N) is 2. The van der Waals surface area contributed by atoms with Gasteiger partial charge in [0.15, 0.2) is 0 Å². The van der Waals surface area contributed by atoms with E-state index in [0.29, 0.717) is 12.2 Å². The van der Waals surface area contributed by atoms with Gasteiger partial charge in [-0.3, -0.25) is 0 Å². The van der Waals surface area contributed by atoms with E-state index in [1.165, 1.54) is 31.3 Å². The van der Waals surface area contributed by atoms with Gasteiger partial charge < -0.3 is 11.1 Å². The molecule has 0 aliphatic rings. The van der Waals surface area contributed by atoms with Gasteiger partial charge in [-0.2, -0.15) is 0 Å². The van der Waals surface area contributed by atoms with Crippen LogP contribution in [0.5, 0.6) is 0 Å². The van der Waals surface area contributed by atoms with Crippen LogP contribution in [0.15, 0.2) is 47.4 Å². The lowest BCUT2D eigenvalue weighted by Gasteiger charge is -2.10. The fourth-order valence-electron chi connectivity index (χ4n) is 1.86. The molecule has 5 nitrogen and oxygen atoms in total. The minimum atomic E-state index is -3.57. The number of nitrogens with two attached hydrogens (primary N) is 1. The van der Waals surface area contributed by atoms with Crippen LogP contribution in [0, 0.1) is 5.82 Å². The third-order valence-electron chi connectivity index (χ3n) is 2.95. The molecule has 4 N–H and O–H groups in total. The molecule has 0 radical (unpaired) electrons. The molecule has 0 aliphatic carbocycles. The van der Waals surface area contributed by atoms with Crippen molar-refractivity contribution in [3.05, 3.63) is 53.8 Å². The Morgan fingerprint density at radius 3 is 2.57 bits per heavy atom. The lowest BCUT2D eigenvalue weighted by Crippen LogP contribution is -2.20. The Morgan fingerprint density at radius 2 is 1.95 bits per heavy atom. The largest absolute Gasteiger partial charge is 0.398 e. The predicted octanol–water partition coefficient (Wildman–Crippen LogP) is 1.93. The monoisotopic (exact) mass is 309 g/mol. The maximum absolute atomic E-state index is 13.1. The second kappa shape index (κ2) is 6.11. The summed E-state index contributed by atoms with van der Waals surface area (Å²) in [7, 11) is -2.25. The summed E-state index contributed by atoms with van der Waals surface area (Å²) in [6, 6.07) is 10.8. The molecule has 0 saturated heterocycles. The van der Waals surface area contributed by atoms with Crippen molar-refractivity contribution in [2.45, 2.75) is 11.4 Å². The maximum Gasteiger partial charge on any atom is 0.242 e. The Morgan fingerprint density at radius 1 is 1.19 bits per heavy atom. The van der Waals surface area contributed by atoms with Gasteiger partial charge >= 0.3 is 0 Å². The molecule has 112 valence electrons. The van der Waals surface area contributed by atoms with E-state index in [-0.39, 0.29) is 16.4 Å². The van der Waals surface area contributed by atoms with Gasteiger partial charge in [-0.25, -0.2) is 17.5 Å². The standard InChI is InChI=1S/C14H16FN3O2S/c1-17-21(19,20)14-6-5-12(8-13(14)16)18-9-10-3-2-4-11(15)7-10/h2-8,17-18H,9,16H2,1H3. The predicted molar refractivity (Wildman–Crippen MR) is 80.8 cm³/mol. The zero-order valence-electron chi connectivity index (χ0n) is 11.4. The first-order chi connectivity index (χ1) is 9.92. The summed E-state index contributed by atoms with van der Waals surface area (Å²) in [5.74, 6) is -0.302. The smallest absolute Gasteiger partial charge is 0.242 e. The van der Waals surface area contributed by atoms with E-state index < -0.39 is 10.0 Å². The summed E-state index contributed by atoms with van der Waals surface area (Å²) in [5, 5.41) is 3.06. The fraction of sp³-hybridized carbons (Fsp3) is 0.143. The zero-order chi connectivity index (χ0) is 15.5. The van der Waals surface area contributed by atoms with Gasteiger partial charge in [0.25, 0.3) is 0 Å². The summed E-state index contributed by atoms with van der Waals surface area (Å²) < 4.78 is 38.7. The number of hydrogen-bond donors (Lipinski definition) is 3. The summed E-state index contributed by atoms with van der Waals surface area (Å²) >= 11 is 0. The van der Waals surface area contributed by atoms with Crippen molar-refractivity contribution < 1.29 is 12.8 Å². The molecule has 2 aromatic rings. The molecule has 0 aromatic heterocycles. The highest BCUT2D eigenvalue weighted by molar-refractivity contribution is 7.89. The molecule has 2 rings (SSSR count). The van der Waals surface area contributed by atoms with Gasteiger partial charge in [0, 0.05) is 12.2 Å². The van der Waals surface area contributed by atoms with Crippen LogP contribution in [0.4, 0.5) is 15.8 Å². The normalized spacial score (nSPS) is 11.3. The summed E-state index contributed by atoms with van der Waals surface area (Å²) in [6.45, 7) is 0.412. The third-order valence-corrected chi connectivity index (χ3v) is 4.44. The quantitative estimate of drug-likeness (QED) is 0.737. The van der Waals surface area contributed by atoms with E-state index in [0.717, 1.165) is 5.56 Å². The van der Waals surface area contributed by atoms with E-state index in [2.05, 4.69) is 10.0 Å².